The van der Waals surface area contributed by atoms with Crippen LogP contribution < -0.4 is 15.8 Å². The first-order valence-corrected chi connectivity index (χ1v) is 6.63. The molecule has 0 aliphatic heterocycles. The van der Waals surface area contributed by atoms with Gasteiger partial charge >= 0.3 is 0 Å². The molecule has 0 aliphatic carbocycles. The Bertz CT molecular complexity index is 590. The summed E-state index contributed by atoms with van der Waals surface area (Å²) in [5.74, 6) is 0.363. The largest absolute Gasteiger partial charge is 0.494 e. The third kappa shape index (κ3) is 3.61. The molecule has 0 saturated heterocycles. The molecule has 0 radical (unpaired) electrons. The molecule has 0 unspecified atom stereocenters. The summed E-state index contributed by atoms with van der Waals surface area (Å²) in [5.41, 5.74) is 7.79. The van der Waals surface area contributed by atoms with E-state index < -0.39 is 0 Å². The van der Waals surface area contributed by atoms with Crippen LogP contribution in [0.15, 0.2) is 40.9 Å². The van der Waals surface area contributed by atoms with Gasteiger partial charge in [-0.2, -0.15) is 0 Å². The highest BCUT2D eigenvalue weighted by molar-refractivity contribution is 9.10. The van der Waals surface area contributed by atoms with Crippen LogP contribution in [0.1, 0.15) is 6.92 Å². The molecule has 0 spiro atoms. The molecule has 100 valence electrons. The third-order valence-electron chi connectivity index (χ3n) is 2.45. The lowest BCUT2D eigenvalue weighted by molar-refractivity contribution is 0.340. The average molecular weight is 325 g/mol. The van der Waals surface area contributed by atoms with Crippen LogP contribution in [0.4, 0.5) is 21.5 Å². The molecule has 0 heterocycles. The van der Waals surface area contributed by atoms with E-state index in [1.54, 1.807) is 24.3 Å². The number of ether oxygens (including phenoxy) is 1. The molecular formula is C14H14BrFN2O. The Morgan fingerprint density at radius 3 is 2.68 bits per heavy atom. The van der Waals surface area contributed by atoms with Gasteiger partial charge in [-0.25, -0.2) is 4.39 Å². The van der Waals surface area contributed by atoms with Gasteiger partial charge in [0.25, 0.3) is 0 Å². The van der Waals surface area contributed by atoms with Gasteiger partial charge in [-0.3, -0.25) is 0 Å². The first-order chi connectivity index (χ1) is 9.08. The molecule has 0 bridgehead atoms. The first kappa shape index (κ1) is 13.7. The van der Waals surface area contributed by atoms with Gasteiger partial charge in [0.15, 0.2) is 0 Å². The van der Waals surface area contributed by atoms with Gasteiger partial charge in [-0.1, -0.05) is 0 Å². The maximum atomic E-state index is 13.4. The van der Waals surface area contributed by atoms with Gasteiger partial charge in [-0.05, 0) is 47.1 Å². The van der Waals surface area contributed by atoms with Gasteiger partial charge in [0.1, 0.15) is 11.6 Å². The summed E-state index contributed by atoms with van der Waals surface area (Å²) in [6.07, 6.45) is 0. The van der Waals surface area contributed by atoms with Gasteiger partial charge in [-0.15, -0.1) is 0 Å². The highest BCUT2D eigenvalue weighted by Crippen LogP contribution is 2.27. The number of rotatable bonds is 4. The normalized spacial score (nSPS) is 10.3. The molecule has 3 nitrogen and oxygen atoms in total. The monoisotopic (exact) mass is 324 g/mol. The lowest BCUT2D eigenvalue weighted by atomic mass is 10.2. The number of benzene rings is 2. The van der Waals surface area contributed by atoms with Crippen LogP contribution in [0, 0.1) is 5.82 Å². The van der Waals surface area contributed by atoms with E-state index in [9.17, 15) is 4.39 Å². The molecule has 3 N–H and O–H groups in total. The van der Waals surface area contributed by atoms with Crippen molar-refractivity contribution >= 4 is 33.0 Å². The van der Waals surface area contributed by atoms with Crippen LogP contribution in [0.25, 0.3) is 0 Å². The van der Waals surface area contributed by atoms with E-state index in [2.05, 4.69) is 21.2 Å². The van der Waals surface area contributed by atoms with Crippen molar-refractivity contribution in [1.29, 1.82) is 0 Å². The van der Waals surface area contributed by atoms with Crippen molar-refractivity contribution in [3.8, 4) is 5.75 Å². The minimum atomic E-state index is -0.320. The molecule has 0 amide bonds. The number of anilines is 3. The fourth-order valence-electron chi connectivity index (χ4n) is 1.68. The van der Waals surface area contributed by atoms with Crippen molar-refractivity contribution in [2.24, 2.45) is 0 Å². The molecular weight excluding hydrogens is 311 g/mol. The van der Waals surface area contributed by atoms with Crippen molar-refractivity contribution in [3.63, 3.8) is 0 Å². The topological polar surface area (TPSA) is 47.3 Å². The number of hydrogen-bond acceptors (Lipinski definition) is 3. The fourth-order valence-corrected chi connectivity index (χ4v) is 1.93. The second-order valence-electron chi connectivity index (χ2n) is 3.98. The zero-order valence-electron chi connectivity index (χ0n) is 10.4. The number of nitrogens with one attached hydrogen (secondary N) is 1. The molecule has 0 aromatic heterocycles. The van der Waals surface area contributed by atoms with Crippen molar-refractivity contribution in [1.82, 2.24) is 0 Å². The Hall–Kier alpha value is -1.75. The maximum absolute atomic E-state index is 13.4. The van der Waals surface area contributed by atoms with Gasteiger partial charge in [0.2, 0.25) is 0 Å². The Morgan fingerprint density at radius 1 is 1.21 bits per heavy atom. The highest BCUT2D eigenvalue weighted by Gasteiger charge is 2.03. The molecule has 2 aromatic carbocycles. The molecule has 0 fully saturated rings. The molecule has 2 aromatic rings. The highest BCUT2D eigenvalue weighted by atomic mass is 79.9. The molecule has 19 heavy (non-hydrogen) atoms. The summed E-state index contributed by atoms with van der Waals surface area (Å²) in [7, 11) is 0. The third-order valence-corrected chi connectivity index (χ3v) is 3.09. The van der Waals surface area contributed by atoms with Crippen LogP contribution in [0.5, 0.6) is 5.75 Å². The lowest BCUT2D eigenvalue weighted by Gasteiger charge is -2.11. The second-order valence-corrected chi connectivity index (χ2v) is 4.83. The predicted octanol–water partition coefficient (Wildman–Crippen LogP) is 4.31. The number of halogens is 2. The zero-order chi connectivity index (χ0) is 13.8. The van der Waals surface area contributed by atoms with E-state index in [4.69, 9.17) is 10.5 Å². The number of hydrogen-bond donors (Lipinski definition) is 2. The standard InChI is InChI=1S/C14H14BrFN2O/c1-2-19-12-6-9(17)5-11(7-12)18-10-3-4-13(15)14(16)8-10/h3-8,18H,2,17H2,1H3. The van der Waals surface area contributed by atoms with E-state index in [1.807, 2.05) is 13.0 Å². The van der Waals surface area contributed by atoms with Crippen molar-refractivity contribution in [3.05, 3.63) is 46.7 Å². The van der Waals surface area contributed by atoms with Gasteiger partial charge < -0.3 is 15.8 Å². The zero-order valence-corrected chi connectivity index (χ0v) is 12.0. The summed E-state index contributed by atoms with van der Waals surface area (Å²) in [6, 6.07) is 10.2. The second kappa shape index (κ2) is 5.93. The SMILES string of the molecule is CCOc1cc(N)cc(Nc2ccc(Br)c(F)c2)c1. The molecule has 0 saturated carbocycles. The summed E-state index contributed by atoms with van der Waals surface area (Å²) in [6.45, 7) is 2.47. The maximum Gasteiger partial charge on any atom is 0.139 e. The van der Waals surface area contributed by atoms with Gasteiger partial charge in [0, 0.05) is 29.2 Å². The molecule has 2 rings (SSSR count). The Morgan fingerprint density at radius 2 is 2.00 bits per heavy atom. The predicted molar refractivity (Wildman–Crippen MR) is 79.4 cm³/mol. The fraction of sp³-hybridized carbons (Fsp3) is 0.143. The van der Waals surface area contributed by atoms with Gasteiger partial charge in [0.05, 0.1) is 11.1 Å². The van der Waals surface area contributed by atoms with Crippen LogP contribution >= 0.6 is 15.9 Å². The number of nitrogen functional groups attached to an aromatic ring is 1. The molecule has 0 atom stereocenters. The van der Waals surface area contributed by atoms with Crippen LogP contribution in [0.2, 0.25) is 0 Å². The van der Waals surface area contributed by atoms with E-state index in [1.165, 1.54) is 6.07 Å². The number of nitrogens with two attached hydrogens (primary N) is 1. The van der Waals surface area contributed by atoms with E-state index in [-0.39, 0.29) is 5.82 Å². The first-order valence-electron chi connectivity index (χ1n) is 5.84. The Kier molecular flexibility index (Phi) is 4.27. The van der Waals surface area contributed by atoms with Crippen molar-refractivity contribution in [2.45, 2.75) is 6.92 Å². The molecule has 5 heteroatoms. The van der Waals surface area contributed by atoms with Crippen LogP contribution in [-0.4, -0.2) is 6.61 Å². The van der Waals surface area contributed by atoms with Crippen molar-refractivity contribution in [2.75, 3.05) is 17.7 Å². The quantitative estimate of drug-likeness (QED) is 0.824. The van der Waals surface area contributed by atoms with E-state index in [0.717, 1.165) is 5.69 Å². The summed E-state index contributed by atoms with van der Waals surface area (Å²) in [5, 5.41) is 3.09. The smallest absolute Gasteiger partial charge is 0.139 e. The van der Waals surface area contributed by atoms with Crippen LogP contribution in [-0.2, 0) is 0 Å². The average Bonchev–Trinajstić information content (AvgIpc) is 2.33. The minimum absolute atomic E-state index is 0.320. The van der Waals surface area contributed by atoms with Crippen LogP contribution in [0.3, 0.4) is 0 Å². The van der Waals surface area contributed by atoms with E-state index >= 15 is 0 Å². The Balaban J connectivity index is 2.24. The van der Waals surface area contributed by atoms with E-state index in [0.29, 0.717) is 28.2 Å². The lowest BCUT2D eigenvalue weighted by Crippen LogP contribution is -1.97. The summed E-state index contributed by atoms with van der Waals surface area (Å²) in [4.78, 5) is 0. The summed E-state index contributed by atoms with van der Waals surface area (Å²) < 4.78 is 19.3. The summed E-state index contributed by atoms with van der Waals surface area (Å²) >= 11 is 3.12. The molecule has 0 aliphatic rings. The minimum Gasteiger partial charge on any atom is -0.494 e. The van der Waals surface area contributed by atoms with Crippen molar-refractivity contribution < 1.29 is 9.13 Å². The Labute approximate surface area is 119 Å².